The van der Waals surface area contributed by atoms with Crippen LogP contribution in [0.2, 0.25) is 10.0 Å². The molecule has 5 nitrogen and oxygen atoms in total. The molecule has 13 heteroatoms. The smallest absolute Gasteiger partial charge is 0.365 e. The van der Waals surface area contributed by atoms with Crippen LogP contribution in [0.4, 0.5) is 32.2 Å². The van der Waals surface area contributed by atoms with Crippen molar-refractivity contribution >= 4 is 34.8 Å². The van der Waals surface area contributed by atoms with Crippen LogP contribution in [-0.4, -0.2) is 21.7 Å². The highest BCUT2D eigenvalue weighted by Crippen LogP contribution is 2.40. The van der Waals surface area contributed by atoms with Gasteiger partial charge in [0.05, 0.1) is 15.6 Å². The van der Waals surface area contributed by atoms with Crippen molar-refractivity contribution < 1.29 is 31.1 Å². The third-order valence-corrected chi connectivity index (χ3v) is 4.91. The molecule has 1 N–H and O–H groups in total. The van der Waals surface area contributed by atoms with Crippen LogP contribution in [-0.2, 0) is 12.7 Å². The zero-order valence-electron chi connectivity index (χ0n) is 16.0. The van der Waals surface area contributed by atoms with Crippen molar-refractivity contribution in [3.63, 3.8) is 0 Å². The molecule has 33 heavy (non-hydrogen) atoms. The molecule has 0 amide bonds. The van der Waals surface area contributed by atoms with E-state index >= 15 is 0 Å². The number of nitriles is 1. The molecule has 0 radical (unpaired) electrons. The van der Waals surface area contributed by atoms with E-state index < -0.39 is 56.5 Å². The third-order valence-electron chi connectivity index (χ3n) is 4.33. The number of benzene rings is 2. The standard InChI is InChI=1S/C20H10Cl2F6N4O/c21-12-6-11(19(23,24)25)7-13(22)16(12)32-18(30-9-10-4-2-1-3-5-10)15(14(8-29)31-32)17(33)20(26,27)28/h1-7,30H,9H2. The van der Waals surface area contributed by atoms with Crippen LogP contribution in [0.25, 0.3) is 5.69 Å². The van der Waals surface area contributed by atoms with E-state index in [0.29, 0.717) is 22.4 Å². The normalized spacial score (nSPS) is 11.8. The second-order valence-corrected chi connectivity index (χ2v) is 7.36. The van der Waals surface area contributed by atoms with Gasteiger partial charge in [-0.1, -0.05) is 53.5 Å². The number of hydrogen-bond acceptors (Lipinski definition) is 4. The van der Waals surface area contributed by atoms with Crippen LogP contribution < -0.4 is 5.32 Å². The second-order valence-electron chi connectivity index (χ2n) is 6.55. The minimum absolute atomic E-state index is 0.120. The van der Waals surface area contributed by atoms with E-state index in [2.05, 4.69) is 10.4 Å². The van der Waals surface area contributed by atoms with Gasteiger partial charge >= 0.3 is 12.4 Å². The molecule has 0 unspecified atom stereocenters. The van der Waals surface area contributed by atoms with E-state index in [-0.39, 0.29) is 6.54 Å². The first kappa shape index (κ1) is 24.4. The number of aromatic nitrogens is 2. The first-order valence-corrected chi connectivity index (χ1v) is 9.59. The van der Waals surface area contributed by atoms with E-state index in [1.807, 2.05) is 0 Å². The molecule has 0 atom stereocenters. The van der Waals surface area contributed by atoms with Crippen LogP contribution in [0, 0.1) is 11.3 Å². The third kappa shape index (κ3) is 5.07. The molecule has 2 aromatic carbocycles. The summed E-state index contributed by atoms with van der Waals surface area (Å²) in [5.74, 6) is -2.98. The van der Waals surface area contributed by atoms with Gasteiger partial charge in [-0.2, -0.15) is 36.7 Å². The lowest BCUT2D eigenvalue weighted by molar-refractivity contribution is -0.137. The van der Waals surface area contributed by atoms with Crippen LogP contribution in [0.3, 0.4) is 0 Å². The zero-order chi connectivity index (χ0) is 24.6. The van der Waals surface area contributed by atoms with E-state index in [0.717, 1.165) is 0 Å². The van der Waals surface area contributed by atoms with Crippen molar-refractivity contribution in [2.24, 2.45) is 0 Å². The minimum atomic E-state index is -5.36. The van der Waals surface area contributed by atoms with Gasteiger partial charge in [-0.25, -0.2) is 4.68 Å². The fourth-order valence-corrected chi connectivity index (χ4v) is 3.54. The Morgan fingerprint density at radius 1 is 1.06 bits per heavy atom. The highest BCUT2D eigenvalue weighted by atomic mass is 35.5. The maximum absolute atomic E-state index is 13.2. The molecule has 0 aliphatic carbocycles. The predicted molar refractivity (Wildman–Crippen MR) is 107 cm³/mol. The Kier molecular flexibility index (Phi) is 6.63. The number of alkyl halides is 6. The van der Waals surface area contributed by atoms with Crippen molar-refractivity contribution in [1.29, 1.82) is 5.26 Å². The van der Waals surface area contributed by atoms with E-state index in [1.165, 1.54) is 6.07 Å². The van der Waals surface area contributed by atoms with Gasteiger partial charge in [-0.3, -0.25) is 4.79 Å². The lowest BCUT2D eigenvalue weighted by Gasteiger charge is -2.16. The second kappa shape index (κ2) is 8.96. The number of hydrogen-bond donors (Lipinski definition) is 1. The molecular formula is C20H10Cl2F6N4O. The number of carbonyl (C=O) groups is 1. The van der Waals surface area contributed by atoms with Crippen LogP contribution >= 0.6 is 23.2 Å². The van der Waals surface area contributed by atoms with Crippen molar-refractivity contribution in [2.45, 2.75) is 18.9 Å². The monoisotopic (exact) mass is 506 g/mol. The van der Waals surface area contributed by atoms with Crippen LogP contribution in [0.1, 0.15) is 27.2 Å². The van der Waals surface area contributed by atoms with Gasteiger partial charge in [0.2, 0.25) is 0 Å². The lowest BCUT2D eigenvalue weighted by Crippen LogP contribution is -2.24. The maximum atomic E-state index is 13.2. The van der Waals surface area contributed by atoms with Crippen molar-refractivity contribution in [3.05, 3.63) is 74.9 Å². The summed E-state index contributed by atoms with van der Waals surface area (Å²) < 4.78 is 79.6. The summed E-state index contributed by atoms with van der Waals surface area (Å²) in [7, 11) is 0. The highest BCUT2D eigenvalue weighted by Gasteiger charge is 2.44. The number of ketones is 1. The molecule has 0 spiro atoms. The molecule has 0 aliphatic rings. The van der Waals surface area contributed by atoms with Gasteiger partial charge in [-0.15, -0.1) is 0 Å². The molecule has 1 heterocycles. The average Bonchev–Trinajstić information content (AvgIpc) is 3.08. The number of halogens is 8. The predicted octanol–water partition coefficient (Wildman–Crippen LogP) is 6.43. The Morgan fingerprint density at radius 2 is 1.64 bits per heavy atom. The highest BCUT2D eigenvalue weighted by molar-refractivity contribution is 6.38. The Bertz CT molecular complexity index is 1220. The van der Waals surface area contributed by atoms with Gasteiger partial charge in [-0.05, 0) is 17.7 Å². The number of Topliss-reactive ketones (excluding diaryl/α,β-unsaturated/α-hetero) is 1. The molecule has 0 saturated carbocycles. The van der Waals surface area contributed by atoms with Crippen LogP contribution in [0.15, 0.2) is 42.5 Å². The van der Waals surface area contributed by atoms with Crippen LogP contribution in [0.5, 0.6) is 0 Å². The van der Waals surface area contributed by atoms with Gasteiger partial charge in [0.1, 0.15) is 23.1 Å². The Hall–Kier alpha value is -3.23. The first-order chi connectivity index (χ1) is 15.3. The zero-order valence-corrected chi connectivity index (χ0v) is 17.5. The van der Waals surface area contributed by atoms with Crippen molar-refractivity contribution in [2.75, 3.05) is 5.32 Å². The first-order valence-electron chi connectivity index (χ1n) is 8.83. The summed E-state index contributed by atoms with van der Waals surface area (Å²) in [5.41, 5.74) is -3.11. The topological polar surface area (TPSA) is 70.7 Å². The Balaban J connectivity index is 2.24. The summed E-state index contributed by atoms with van der Waals surface area (Å²) in [5, 5.41) is 14.3. The number of nitrogens with one attached hydrogen (secondary N) is 1. The summed E-state index contributed by atoms with van der Waals surface area (Å²) in [6.07, 6.45) is -10.2. The van der Waals surface area contributed by atoms with E-state index in [1.54, 1.807) is 30.3 Å². The molecule has 1 aromatic heterocycles. The summed E-state index contributed by atoms with van der Waals surface area (Å²) >= 11 is 12.0. The van der Waals surface area contributed by atoms with Gasteiger partial charge in [0.25, 0.3) is 5.78 Å². The van der Waals surface area contributed by atoms with Gasteiger partial charge < -0.3 is 5.32 Å². The Labute approximate surface area is 192 Å². The average molecular weight is 507 g/mol. The number of nitrogens with zero attached hydrogens (tertiary/aromatic N) is 3. The Morgan fingerprint density at radius 3 is 2.12 bits per heavy atom. The largest absolute Gasteiger partial charge is 0.455 e. The fourth-order valence-electron chi connectivity index (χ4n) is 2.89. The molecule has 0 saturated heterocycles. The quantitative estimate of drug-likeness (QED) is 0.320. The minimum Gasteiger partial charge on any atom is -0.365 e. The number of carbonyl (C=O) groups excluding carboxylic acids is 1. The maximum Gasteiger partial charge on any atom is 0.455 e. The molecule has 3 aromatic rings. The molecule has 0 bridgehead atoms. The van der Waals surface area contributed by atoms with Crippen molar-refractivity contribution in [3.8, 4) is 11.8 Å². The molecular weight excluding hydrogens is 497 g/mol. The molecule has 172 valence electrons. The fraction of sp³-hybridized carbons (Fsp3) is 0.150. The molecule has 0 fully saturated rings. The SMILES string of the molecule is N#Cc1nn(-c2c(Cl)cc(C(F)(F)F)cc2Cl)c(NCc2ccccc2)c1C(=O)C(F)(F)F. The van der Waals surface area contributed by atoms with Gasteiger partial charge in [0.15, 0.2) is 5.69 Å². The summed E-state index contributed by atoms with van der Waals surface area (Å²) in [6, 6.07) is 10.7. The molecule has 3 rings (SSSR count). The summed E-state index contributed by atoms with van der Waals surface area (Å²) in [4.78, 5) is 12.1. The number of rotatable bonds is 5. The van der Waals surface area contributed by atoms with E-state index in [4.69, 9.17) is 23.2 Å². The lowest BCUT2D eigenvalue weighted by atomic mass is 10.1. The van der Waals surface area contributed by atoms with E-state index in [9.17, 15) is 36.4 Å². The molecule has 0 aliphatic heterocycles. The summed E-state index contributed by atoms with van der Waals surface area (Å²) in [6.45, 7) is -0.120. The number of anilines is 1. The van der Waals surface area contributed by atoms with Gasteiger partial charge in [0, 0.05) is 6.54 Å². The van der Waals surface area contributed by atoms with Crippen molar-refractivity contribution in [1.82, 2.24) is 9.78 Å².